The van der Waals surface area contributed by atoms with Crippen LogP contribution in [0.1, 0.15) is 62.7 Å². The van der Waals surface area contributed by atoms with Crippen molar-refractivity contribution in [2.45, 2.75) is 64.5 Å². The molecule has 3 atom stereocenters. The Morgan fingerprint density at radius 2 is 1.81 bits per heavy atom. The summed E-state index contributed by atoms with van der Waals surface area (Å²) in [6, 6.07) is 5.28. The molecule has 1 saturated carbocycles. The van der Waals surface area contributed by atoms with Crippen molar-refractivity contribution in [3.63, 3.8) is 0 Å². The Morgan fingerprint density at radius 1 is 1.15 bits per heavy atom. The van der Waals surface area contributed by atoms with Crippen LogP contribution in [0.3, 0.4) is 0 Å². The van der Waals surface area contributed by atoms with Gasteiger partial charge < -0.3 is 10.1 Å². The zero-order valence-corrected chi connectivity index (χ0v) is 15.3. The number of esters is 1. The first-order valence-corrected chi connectivity index (χ1v) is 9.15. The van der Waals surface area contributed by atoms with Gasteiger partial charge in [0.05, 0.1) is 6.42 Å². The van der Waals surface area contributed by atoms with E-state index in [0.29, 0.717) is 11.5 Å². The number of carbonyl (C=O) groups excluding carboxylic acids is 3. The lowest BCUT2D eigenvalue weighted by atomic mass is 9.86. The third-order valence-corrected chi connectivity index (χ3v) is 4.84. The molecule has 0 aromatic heterocycles. The zero-order chi connectivity index (χ0) is 19.1. The van der Waals surface area contributed by atoms with E-state index < -0.39 is 17.9 Å². The third-order valence-electron chi connectivity index (χ3n) is 4.84. The van der Waals surface area contributed by atoms with Crippen molar-refractivity contribution < 1.29 is 23.5 Å². The molecule has 26 heavy (non-hydrogen) atoms. The lowest BCUT2D eigenvalue weighted by Gasteiger charge is -2.30. The van der Waals surface area contributed by atoms with Crippen LogP contribution >= 0.6 is 0 Å². The maximum atomic E-state index is 12.9. The molecule has 0 spiro atoms. The molecule has 0 aliphatic heterocycles. The Morgan fingerprint density at radius 3 is 2.46 bits per heavy atom. The summed E-state index contributed by atoms with van der Waals surface area (Å²) in [6.45, 7) is 3.64. The smallest absolute Gasteiger partial charge is 0.307 e. The highest BCUT2D eigenvalue weighted by atomic mass is 19.1. The van der Waals surface area contributed by atoms with Crippen molar-refractivity contribution in [2.24, 2.45) is 5.92 Å². The van der Waals surface area contributed by atoms with E-state index >= 15 is 0 Å². The molecule has 1 N–H and O–H groups in total. The first kappa shape index (κ1) is 20.1. The Hall–Kier alpha value is -2.24. The molecule has 142 valence electrons. The van der Waals surface area contributed by atoms with Gasteiger partial charge in [-0.1, -0.05) is 19.8 Å². The fourth-order valence-electron chi connectivity index (χ4n) is 3.14. The van der Waals surface area contributed by atoms with E-state index in [-0.39, 0.29) is 30.6 Å². The molecule has 1 fully saturated rings. The Balaban J connectivity index is 1.74. The number of amides is 1. The highest BCUT2D eigenvalue weighted by Crippen LogP contribution is 2.23. The van der Waals surface area contributed by atoms with Gasteiger partial charge in [-0.25, -0.2) is 4.39 Å². The second-order valence-corrected chi connectivity index (χ2v) is 6.94. The number of ether oxygens (including phenoxy) is 1. The highest BCUT2D eigenvalue weighted by molar-refractivity contribution is 5.97. The predicted octanol–water partition coefficient (Wildman–Crippen LogP) is 3.42. The third kappa shape index (κ3) is 5.93. The number of halogens is 1. The van der Waals surface area contributed by atoms with Gasteiger partial charge in [0.25, 0.3) is 5.91 Å². The van der Waals surface area contributed by atoms with Gasteiger partial charge in [0.1, 0.15) is 5.82 Å². The van der Waals surface area contributed by atoms with Crippen LogP contribution in [-0.4, -0.2) is 29.8 Å². The van der Waals surface area contributed by atoms with Gasteiger partial charge in [-0.05, 0) is 49.9 Å². The molecule has 0 radical (unpaired) electrons. The normalized spacial score (nSPS) is 20.9. The van der Waals surface area contributed by atoms with Crippen LogP contribution in [0, 0.1) is 11.7 Å². The Kier molecular flexibility index (Phi) is 7.30. The van der Waals surface area contributed by atoms with Gasteiger partial charge in [-0.3, -0.25) is 14.4 Å². The maximum Gasteiger partial charge on any atom is 0.307 e. The molecule has 1 aliphatic carbocycles. The van der Waals surface area contributed by atoms with Crippen molar-refractivity contribution in [1.29, 1.82) is 0 Å². The molecule has 6 heteroatoms. The topological polar surface area (TPSA) is 72.5 Å². The van der Waals surface area contributed by atoms with Gasteiger partial charge in [0.15, 0.2) is 11.9 Å². The first-order chi connectivity index (χ1) is 12.4. The number of ketones is 1. The standard InChI is InChI=1S/C20H26FNO4/c1-13-5-3-4-6-17(13)22-20(25)14(2)26-19(24)12-11-18(23)15-7-9-16(21)10-8-15/h7-10,13-14,17H,3-6,11-12H2,1-2H3,(H,22,25)/t13-,14-,17+/m0/s1. The summed E-state index contributed by atoms with van der Waals surface area (Å²) in [4.78, 5) is 36.1. The van der Waals surface area contributed by atoms with Crippen molar-refractivity contribution in [3.05, 3.63) is 35.6 Å². The summed E-state index contributed by atoms with van der Waals surface area (Å²) >= 11 is 0. The fraction of sp³-hybridized carbons (Fsp3) is 0.550. The van der Waals surface area contributed by atoms with Gasteiger partial charge in [0.2, 0.25) is 0 Å². The van der Waals surface area contributed by atoms with E-state index in [9.17, 15) is 18.8 Å². The first-order valence-electron chi connectivity index (χ1n) is 9.15. The fourth-order valence-corrected chi connectivity index (χ4v) is 3.14. The summed E-state index contributed by atoms with van der Waals surface area (Å²) in [7, 11) is 0. The number of nitrogens with one attached hydrogen (secondary N) is 1. The second kappa shape index (κ2) is 9.46. The Bertz CT molecular complexity index is 644. The van der Waals surface area contributed by atoms with Crippen LogP contribution in [0.4, 0.5) is 4.39 Å². The van der Waals surface area contributed by atoms with Crippen LogP contribution in [0.2, 0.25) is 0 Å². The molecular formula is C20H26FNO4. The summed E-state index contributed by atoms with van der Waals surface area (Å²) in [5.74, 6) is -1.17. The van der Waals surface area contributed by atoms with Gasteiger partial charge >= 0.3 is 5.97 Å². The lowest BCUT2D eigenvalue weighted by Crippen LogP contribution is -2.46. The van der Waals surface area contributed by atoms with Gasteiger partial charge in [-0.2, -0.15) is 0 Å². The van der Waals surface area contributed by atoms with Crippen LogP contribution in [-0.2, 0) is 14.3 Å². The van der Waals surface area contributed by atoms with Gasteiger partial charge in [-0.15, -0.1) is 0 Å². The number of hydrogen-bond donors (Lipinski definition) is 1. The summed E-state index contributed by atoms with van der Waals surface area (Å²) in [5.41, 5.74) is 0.344. The molecule has 1 amide bonds. The van der Waals surface area contributed by atoms with E-state index in [0.717, 1.165) is 19.3 Å². The quantitative estimate of drug-likeness (QED) is 0.595. The molecule has 0 saturated heterocycles. The van der Waals surface area contributed by atoms with Gasteiger partial charge in [0, 0.05) is 18.0 Å². The van der Waals surface area contributed by atoms with Crippen LogP contribution in [0.25, 0.3) is 0 Å². The number of carbonyl (C=O) groups is 3. The molecule has 1 aliphatic rings. The zero-order valence-electron chi connectivity index (χ0n) is 15.3. The van der Waals surface area contributed by atoms with E-state index in [1.165, 1.54) is 37.6 Å². The minimum Gasteiger partial charge on any atom is -0.453 e. The molecular weight excluding hydrogens is 337 g/mol. The Labute approximate surface area is 153 Å². The molecule has 5 nitrogen and oxygen atoms in total. The van der Waals surface area contributed by atoms with E-state index in [1.807, 2.05) is 0 Å². The van der Waals surface area contributed by atoms with Crippen LogP contribution < -0.4 is 5.32 Å². The lowest BCUT2D eigenvalue weighted by molar-refractivity contribution is -0.155. The molecule has 1 aromatic rings. The number of rotatable bonds is 7. The van der Waals surface area contributed by atoms with E-state index in [4.69, 9.17) is 4.74 Å². The second-order valence-electron chi connectivity index (χ2n) is 6.94. The molecule has 0 heterocycles. The molecule has 0 bridgehead atoms. The van der Waals surface area contributed by atoms with Crippen molar-refractivity contribution in [2.75, 3.05) is 0 Å². The summed E-state index contributed by atoms with van der Waals surface area (Å²) < 4.78 is 18.0. The summed E-state index contributed by atoms with van der Waals surface area (Å²) in [6.07, 6.45) is 3.25. The molecule has 2 rings (SSSR count). The van der Waals surface area contributed by atoms with Crippen molar-refractivity contribution >= 4 is 17.7 Å². The van der Waals surface area contributed by atoms with E-state index in [1.54, 1.807) is 0 Å². The predicted molar refractivity (Wildman–Crippen MR) is 95.1 cm³/mol. The number of benzene rings is 1. The van der Waals surface area contributed by atoms with E-state index in [2.05, 4.69) is 12.2 Å². The van der Waals surface area contributed by atoms with Crippen LogP contribution in [0.5, 0.6) is 0 Å². The molecule has 0 unspecified atom stereocenters. The molecule has 1 aromatic carbocycles. The maximum absolute atomic E-state index is 12.9. The van der Waals surface area contributed by atoms with Crippen LogP contribution in [0.15, 0.2) is 24.3 Å². The number of Topliss-reactive ketones (excluding diaryl/α,β-unsaturated/α-hetero) is 1. The largest absolute Gasteiger partial charge is 0.453 e. The average Bonchev–Trinajstić information content (AvgIpc) is 2.62. The SMILES string of the molecule is C[C@H](OC(=O)CCC(=O)c1ccc(F)cc1)C(=O)N[C@@H]1CCCC[C@@H]1C. The monoisotopic (exact) mass is 363 g/mol. The average molecular weight is 363 g/mol. The van der Waals surface area contributed by atoms with Crippen molar-refractivity contribution in [3.8, 4) is 0 Å². The van der Waals surface area contributed by atoms with Crippen molar-refractivity contribution in [1.82, 2.24) is 5.32 Å². The highest BCUT2D eigenvalue weighted by Gasteiger charge is 2.26. The minimum absolute atomic E-state index is 0.0432. The summed E-state index contributed by atoms with van der Waals surface area (Å²) in [5, 5.41) is 2.95. The minimum atomic E-state index is -0.891. The number of hydrogen-bond acceptors (Lipinski definition) is 4.